The zero-order valence-corrected chi connectivity index (χ0v) is 10.9. The molecule has 0 atom stereocenters. The average Bonchev–Trinajstić information content (AvgIpc) is 2.18. The summed E-state index contributed by atoms with van der Waals surface area (Å²) in [6.45, 7) is 5.69. The van der Waals surface area contributed by atoms with Gasteiger partial charge in [-0.3, -0.25) is 4.57 Å². The zero-order chi connectivity index (χ0) is 10.6. The fraction of sp³-hybridized carbons (Fsp3) is 1.00. The van der Waals surface area contributed by atoms with E-state index in [0.29, 0.717) is 5.90 Å². The van der Waals surface area contributed by atoms with Crippen LogP contribution < -0.4 is 0 Å². The fourth-order valence-electron chi connectivity index (χ4n) is 0.787. The van der Waals surface area contributed by atoms with E-state index in [1.807, 2.05) is 0 Å². The molecule has 0 radical (unpaired) electrons. The second kappa shape index (κ2) is 11.5. The van der Waals surface area contributed by atoms with E-state index in [-0.39, 0.29) is 8.46 Å². The highest BCUT2D eigenvalue weighted by atomic mass is 31.2. The molecular formula is C9H20O3P2. The molecule has 0 aromatic heterocycles. The Kier molecular flexibility index (Phi) is 11.9. The highest BCUT2D eigenvalue weighted by Crippen LogP contribution is 2.41. The molecule has 0 saturated heterocycles. The molecule has 0 N–H and O–H groups in total. The highest BCUT2D eigenvalue weighted by molar-refractivity contribution is 7.57. The Labute approximate surface area is 89.7 Å². The van der Waals surface area contributed by atoms with Gasteiger partial charge in [0.2, 0.25) is 0 Å². The molecular weight excluding hydrogens is 218 g/mol. The first-order valence-electron chi connectivity index (χ1n) is 5.17. The van der Waals surface area contributed by atoms with Gasteiger partial charge in [-0.05, 0) is 12.8 Å². The van der Waals surface area contributed by atoms with E-state index in [1.165, 1.54) is 0 Å². The lowest BCUT2D eigenvalue weighted by atomic mass is 10.4. The summed E-state index contributed by atoms with van der Waals surface area (Å²) in [4.78, 5) is 0. The largest absolute Gasteiger partial charge is 0.334 e. The van der Waals surface area contributed by atoms with Crippen molar-refractivity contribution in [3.63, 3.8) is 0 Å². The van der Waals surface area contributed by atoms with Gasteiger partial charge in [0.1, 0.15) is 0 Å². The van der Waals surface area contributed by atoms with Crippen LogP contribution >= 0.6 is 16.8 Å². The van der Waals surface area contributed by atoms with Crippen molar-refractivity contribution in [1.82, 2.24) is 0 Å². The monoisotopic (exact) mass is 238 g/mol. The molecule has 0 aromatic carbocycles. The average molecular weight is 238 g/mol. The number of rotatable bonds is 10. The maximum atomic E-state index is 10.4. The Morgan fingerprint density at radius 3 is 1.93 bits per heavy atom. The van der Waals surface area contributed by atoms with Crippen LogP contribution in [0.3, 0.4) is 0 Å². The highest BCUT2D eigenvalue weighted by Gasteiger charge is 2.09. The van der Waals surface area contributed by atoms with E-state index in [2.05, 4.69) is 13.8 Å². The second-order valence-corrected chi connectivity index (χ2v) is 5.55. The van der Waals surface area contributed by atoms with Crippen LogP contribution in [0.1, 0.15) is 39.5 Å². The minimum absolute atomic E-state index is 0.123. The Morgan fingerprint density at radius 1 is 1.07 bits per heavy atom. The minimum Gasteiger partial charge on any atom is -0.334 e. The van der Waals surface area contributed by atoms with Crippen LogP contribution in [0.25, 0.3) is 0 Å². The van der Waals surface area contributed by atoms with Gasteiger partial charge in [0.15, 0.2) is 16.8 Å². The molecule has 0 heterocycles. The summed E-state index contributed by atoms with van der Waals surface area (Å²) >= 11 is 0. The lowest BCUT2D eigenvalue weighted by molar-refractivity contribution is 0.246. The molecule has 0 unspecified atom stereocenters. The Bertz CT molecular complexity index is 123. The summed E-state index contributed by atoms with van der Waals surface area (Å²) in [6, 6.07) is 0. The maximum absolute atomic E-state index is 10.4. The molecule has 0 aliphatic carbocycles. The third-order valence-electron chi connectivity index (χ3n) is 1.64. The lowest BCUT2D eigenvalue weighted by Gasteiger charge is -2.14. The molecule has 14 heavy (non-hydrogen) atoms. The molecule has 0 amide bonds. The first-order valence-corrected chi connectivity index (χ1v) is 7.53. The normalized spacial score (nSPS) is 11.4. The van der Waals surface area contributed by atoms with Crippen LogP contribution in [0.5, 0.6) is 0 Å². The van der Waals surface area contributed by atoms with E-state index in [9.17, 15) is 4.57 Å². The Morgan fingerprint density at radius 2 is 1.57 bits per heavy atom. The van der Waals surface area contributed by atoms with Crippen molar-refractivity contribution in [2.24, 2.45) is 0 Å². The van der Waals surface area contributed by atoms with Gasteiger partial charge in [-0.15, -0.1) is 0 Å². The smallest absolute Gasteiger partial charge is 0.182 e. The van der Waals surface area contributed by atoms with Crippen molar-refractivity contribution in [1.29, 1.82) is 0 Å². The Hall–Kier alpha value is 0.450. The maximum Gasteiger partial charge on any atom is 0.182 e. The van der Waals surface area contributed by atoms with Crippen LogP contribution in [-0.4, -0.2) is 19.1 Å². The van der Waals surface area contributed by atoms with Gasteiger partial charge in [-0.2, -0.15) is 0 Å². The first-order chi connectivity index (χ1) is 6.85. The van der Waals surface area contributed by atoms with E-state index >= 15 is 0 Å². The third kappa shape index (κ3) is 9.02. The van der Waals surface area contributed by atoms with Gasteiger partial charge in [0.25, 0.3) is 0 Å². The predicted molar refractivity (Wildman–Crippen MR) is 61.1 cm³/mol. The summed E-state index contributed by atoms with van der Waals surface area (Å²) in [5.74, 6) is 0.503. The van der Waals surface area contributed by atoms with Crippen molar-refractivity contribution in [2.45, 2.75) is 39.5 Å². The van der Waals surface area contributed by atoms with Crippen LogP contribution in [0.2, 0.25) is 0 Å². The zero-order valence-electron chi connectivity index (χ0n) is 9.07. The molecule has 0 aliphatic rings. The SMILES string of the molecule is CCCCOP(CP=O)OCCCC. The molecule has 84 valence electrons. The molecule has 0 bridgehead atoms. The summed E-state index contributed by atoms with van der Waals surface area (Å²) in [5, 5.41) is 0. The fourth-order valence-corrected chi connectivity index (χ4v) is 2.56. The van der Waals surface area contributed by atoms with Crippen molar-refractivity contribution >= 4 is 16.8 Å². The Balaban J connectivity index is 3.49. The quantitative estimate of drug-likeness (QED) is 0.423. The van der Waals surface area contributed by atoms with E-state index in [4.69, 9.17) is 9.05 Å². The van der Waals surface area contributed by atoms with Crippen LogP contribution in [0.4, 0.5) is 0 Å². The molecule has 0 aliphatic heterocycles. The molecule has 3 nitrogen and oxygen atoms in total. The number of hydrogen-bond donors (Lipinski definition) is 0. The number of hydrogen-bond acceptors (Lipinski definition) is 3. The van der Waals surface area contributed by atoms with Crippen LogP contribution in [0, 0.1) is 0 Å². The first kappa shape index (κ1) is 14.5. The molecule has 0 rings (SSSR count). The van der Waals surface area contributed by atoms with E-state index < -0.39 is 8.38 Å². The summed E-state index contributed by atoms with van der Waals surface area (Å²) in [6.07, 6.45) is 4.33. The summed E-state index contributed by atoms with van der Waals surface area (Å²) < 4.78 is 21.4. The second-order valence-electron chi connectivity index (χ2n) is 2.98. The lowest BCUT2D eigenvalue weighted by Crippen LogP contribution is -1.95. The van der Waals surface area contributed by atoms with Crippen molar-refractivity contribution in [3.8, 4) is 0 Å². The number of unbranched alkanes of at least 4 members (excludes halogenated alkanes) is 2. The van der Waals surface area contributed by atoms with Gasteiger partial charge < -0.3 is 9.05 Å². The van der Waals surface area contributed by atoms with Crippen LogP contribution in [-0.2, 0) is 13.6 Å². The summed E-state index contributed by atoms with van der Waals surface area (Å²) in [5.41, 5.74) is 0. The minimum atomic E-state index is -0.909. The van der Waals surface area contributed by atoms with E-state index in [0.717, 1.165) is 38.9 Å². The van der Waals surface area contributed by atoms with Crippen molar-refractivity contribution < 1.29 is 13.6 Å². The standard InChI is InChI=1S/C9H20O3P2/c1-3-5-7-11-14(9-13-10)12-8-6-4-2/h3-9H2,1-2H3. The molecule has 0 aromatic rings. The molecule has 0 spiro atoms. The van der Waals surface area contributed by atoms with Crippen molar-refractivity contribution in [3.05, 3.63) is 0 Å². The van der Waals surface area contributed by atoms with Crippen LogP contribution in [0.15, 0.2) is 0 Å². The molecule has 0 saturated carbocycles. The van der Waals surface area contributed by atoms with Gasteiger partial charge in [0, 0.05) is 0 Å². The predicted octanol–water partition coefficient (Wildman–Crippen LogP) is 4.18. The topological polar surface area (TPSA) is 35.5 Å². The van der Waals surface area contributed by atoms with E-state index in [1.54, 1.807) is 0 Å². The van der Waals surface area contributed by atoms with Gasteiger partial charge in [-0.1, -0.05) is 26.7 Å². The van der Waals surface area contributed by atoms with Gasteiger partial charge >= 0.3 is 0 Å². The molecule has 0 fully saturated rings. The molecule has 5 heteroatoms. The van der Waals surface area contributed by atoms with Crippen molar-refractivity contribution in [2.75, 3.05) is 19.1 Å². The summed E-state index contributed by atoms with van der Waals surface area (Å²) in [7, 11) is -0.786. The van der Waals surface area contributed by atoms with Gasteiger partial charge in [0.05, 0.1) is 19.1 Å². The van der Waals surface area contributed by atoms with Gasteiger partial charge in [-0.25, -0.2) is 0 Å². The third-order valence-corrected chi connectivity index (χ3v) is 3.97.